The Kier molecular flexibility index (Phi) is 4.60. The van der Waals surface area contributed by atoms with Gasteiger partial charge in [-0.15, -0.1) is 0 Å². The maximum absolute atomic E-state index is 12.3. The fourth-order valence-corrected chi connectivity index (χ4v) is 3.99. The van der Waals surface area contributed by atoms with Gasteiger partial charge in [0, 0.05) is 24.1 Å². The number of carboxylic acid groups (broad SMARTS) is 1. The molecule has 0 spiro atoms. The van der Waals surface area contributed by atoms with E-state index in [0.29, 0.717) is 24.6 Å². The highest BCUT2D eigenvalue weighted by Gasteiger charge is 2.43. The van der Waals surface area contributed by atoms with Gasteiger partial charge in [-0.3, -0.25) is 0 Å². The van der Waals surface area contributed by atoms with Gasteiger partial charge in [-0.1, -0.05) is 19.8 Å². The Morgan fingerprint density at radius 1 is 1.42 bits per heavy atom. The quantitative estimate of drug-likeness (QED) is 0.831. The number of amides is 2. The monoisotopic (exact) mass is 286 g/mol. The van der Waals surface area contributed by atoms with E-state index in [-0.39, 0.29) is 6.03 Å². The standard InChI is InChI=1S/C13H22N2O3S/c1-2-10-9-15(7-8-19-10)12(18)14-13(11(16)17)5-3-4-6-13/h10H,2-9H2,1H3,(H,14,18)(H,16,17). The van der Waals surface area contributed by atoms with Gasteiger partial charge in [0.05, 0.1) is 0 Å². The first-order chi connectivity index (χ1) is 9.07. The Bertz CT molecular complexity index is 356. The maximum atomic E-state index is 12.3. The predicted molar refractivity (Wildman–Crippen MR) is 75.5 cm³/mol. The van der Waals surface area contributed by atoms with E-state index in [1.165, 1.54) is 0 Å². The SMILES string of the molecule is CCC1CN(C(=O)NC2(C(=O)O)CCCC2)CCS1. The van der Waals surface area contributed by atoms with Crippen LogP contribution >= 0.6 is 11.8 Å². The lowest BCUT2D eigenvalue weighted by Crippen LogP contribution is -2.58. The molecular weight excluding hydrogens is 264 g/mol. The Labute approximate surface area is 118 Å². The first kappa shape index (κ1) is 14.5. The number of carbonyl (C=O) groups is 2. The first-order valence-electron chi connectivity index (χ1n) is 6.99. The Morgan fingerprint density at radius 3 is 2.68 bits per heavy atom. The summed E-state index contributed by atoms with van der Waals surface area (Å²) in [7, 11) is 0. The maximum Gasteiger partial charge on any atom is 0.329 e. The largest absolute Gasteiger partial charge is 0.480 e. The van der Waals surface area contributed by atoms with Gasteiger partial charge in [-0.2, -0.15) is 11.8 Å². The molecular formula is C13H22N2O3S. The molecule has 2 rings (SSSR count). The number of rotatable bonds is 3. The highest BCUT2D eigenvalue weighted by Crippen LogP contribution is 2.30. The van der Waals surface area contributed by atoms with E-state index in [9.17, 15) is 14.7 Å². The summed E-state index contributed by atoms with van der Waals surface area (Å²) >= 11 is 1.89. The highest BCUT2D eigenvalue weighted by atomic mass is 32.2. The van der Waals surface area contributed by atoms with Crippen molar-refractivity contribution in [3.05, 3.63) is 0 Å². The Balaban J connectivity index is 1.97. The highest BCUT2D eigenvalue weighted by molar-refractivity contribution is 8.00. The molecule has 0 aromatic rings. The molecule has 0 radical (unpaired) electrons. The molecule has 2 amide bonds. The zero-order chi connectivity index (χ0) is 13.9. The average Bonchev–Trinajstić information content (AvgIpc) is 2.88. The van der Waals surface area contributed by atoms with Crippen LogP contribution in [0.5, 0.6) is 0 Å². The molecule has 5 nitrogen and oxygen atoms in total. The number of carboxylic acids is 1. The van der Waals surface area contributed by atoms with Crippen molar-refractivity contribution >= 4 is 23.8 Å². The molecule has 1 heterocycles. The molecule has 2 N–H and O–H groups in total. The zero-order valence-corrected chi connectivity index (χ0v) is 12.2. The van der Waals surface area contributed by atoms with Gasteiger partial charge in [0.15, 0.2) is 0 Å². The van der Waals surface area contributed by atoms with Crippen LogP contribution in [0.2, 0.25) is 0 Å². The van der Waals surface area contributed by atoms with E-state index in [0.717, 1.165) is 31.6 Å². The van der Waals surface area contributed by atoms with Crippen molar-refractivity contribution in [1.29, 1.82) is 0 Å². The summed E-state index contributed by atoms with van der Waals surface area (Å²) in [5.41, 5.74) is -1.02. The number of nitrogens with one attached hydrogen (secondary N) is 1. The Hall–Kier alpha value is -0.910. The third kappa shape index (κ3) is 3.16. The zero-order valence-electron chi connectivity index (χ0n) is 11.4. The summed E-state index contributed by atoms with van der Waals surface area (Å²) in [4.78, 5) is 25.5. The van der Waals surface area contributed by atoms with Gasteiger partial charge < -0.3 is 15.3 Å². The van der Waals surface area contributed by atoms with Gasteiger partial charge in [0.2, 0.25) is 0 Å². The summed E-state index contributed by atoms with van der Waals surface area (Å²) in [5, 5.41) is 12.6. The van der Waals surface area contributed by atoms with E-state index in [1.807, 2.05) is 11.8 Å². The van der Waals surface area contributed by atoms with Crippen molar-refractivity contribution in [3.63, 3.8) is 0 Å². The number of nitrogens with zero attached hydrogens (tertiary/aromatic N) is 1. The van der Waals surface area contributed by atoms with Crippen molar-refractivity contribution in [1.82, 2.24) is 10.2 Å². The number of carbonyl (C=O) groups excluding carboxylic acids is 1. The van der Waals surface area contributed by atoms with E-state index in [1.54, 1.807) is 4.90 Å². The van der Waals surface area contributed by atoms with Crippen molar-refractivity contribution in [3.8, 4) is 0 Å². The smallest absolute Gasteiger partial charge is 0.329 e. The molecule has 1 atom stereocenters. The number of hydrogen-bond acceptors (Lipinski definition) is 3. The van der Waals surface area contributed by atoms with Crippen molar-refractivity contribution < 1.29 is 14.7 Å². The fraction of sp³-hybridized carbons (Fsp3) is 0.846. The predicted octanol–water partition coefficient (Wildman–Crippen LogP) is 1.92. The molecule has 6 heteroatoms. The molecule has 1 unspecified atom stereocenters. The number of hydrogen-bond donors (Lipinski definition) is 2. The second-order valence-corrected chi connectivity index (χ2v) is 6.78. The van der Waals surface area contributed by atoms with Gasteiger partial charge in [0.25, 0.3) is 0 Å². The van der Waals surface area contributed by atoms with Crippen molar-refractivity contribution in [2.75, 3.05) is 18.8 Å². The lowest BCUT2D eigenvalue weighted by Gasteiger charge is -2.35. The van der Waals surface area contributed by atoms with Crippen LogP contribution in [0.25, 0.3) is 0 Å². The molecule has 1 aliphatic carbocycles. The summed E-state index contributed by atoms with van der Waals surface area (Å²) in [6, 6.07) is -0.206. The molecule has 19 heavy (non-hydrogen) atoms. The van der Waals surface area contributed by atoms with Gasteiger partial charge >= 0.3 is 12.0 Å². The number of thioether (sulfide) groups is 1. The third-order valence-electron chi connectivity index (χ3n) is 4.09. The lowest BCUT2D eigenvalue weighted by atomic mass is 9.98. The first-order valence-corrected chi connectivity index (χ1v) is 8.04. The van der Waals surface area contributed by atoms with Crippen LogP contribution in [-0.2, 0) is 4.79 Å². The fourth-order valence-electron chi connectivity index (χ4n) is 2.81. The molecule has 1 saturated heterocycles. The van der Waals surface area contributed by atoms with Crippen LogP contribution < -0.4 is 5.32 Å². The summed E-state index contributed by atoms with van der Waals surface area (Å²) < 4.78 is 0. The van der Waals surface area contributed by atoms with Crippen molar-refractivity contribution in [2.45, 2.75) is 49.8 Å². The number of urea groups is 1. The second-order valence-electron chi connectivity index (χ2n) is 5.37. The van der Waals surface area contributed by atoms with E-state index in [4.69, 9.17) is 0 Å². The van der Waals surface area contributed by atoms with E-state index >= 15 is 0 Å². The molecule has 2 aliphatic rings. The molecule has 1 aliphatic heterocycles. The van der Waals surface area contributed by atoms with Crippen LogP contribution in [0.3, 0.4) is 0 Å². The normalized spacial score (nSPS) is 26.2. The lowest BCUT2D eigenvalue weighted by molar-refractivity contribution is -0.144. The van der Waals surface area contributed by atoms with Gasteiger partial charge in [-0.05, 0) is 19.3 Å². The van der Waals surface area contributed by atoms with E-state index in [2.05, 4.69) is 12.2 Å². The van der Waals surface area contributed by atoms with Gasteiger partial charge in [-0.25, -0.2) is 9.59 Å². The third-order valence-corrected chi connectivity index (χ3v) is 5.47. The van der Waals surface area contributed by atoms with Crippen LogP contribution in [-0.4, -0.2) is 51.6 Å². The summed E-state index contributed by atoms with van der Waals surface area (Å²) in [6.07, 6.45) is 3.89. The minimum atomic E-state index is -1.02. The molecule has 0 bridgehead atoms. The van der Waals surface area contributed by atoms with Crippen LogP contribution in [0.15, 0.2) is 0 Å². The average molecular weight is 286 g/mol. The second kappa shape index (κ2) is 6.03. The summed E-state index contributed by atoms with van der Waals surface area (Å²) in [6.45, 7) is 3.56. The Morgan fingerprint density at radius 2 is 2.11 bits per heavy atom. The molecule has 2 fully saturated rings. The van der Waals surface area contributed by atoms with Crippen molar-refractivity contribution in [2.24, 2.45) is 0 Å². The molecule has 1 saturated carbocycles. The molecule has 108 valence electrons. The van der Waals surface area contributed by atoms with Gasteiger partial charge in [0.1, 0.15) is 5.54 Å². The molecule has 0 aromatic heterocycles. The van der Waals surface area contributed by atoms with Crippen LogP contribution in [0.1, 0.15) is 39.0 Å². The summed E-state index contributed by atoms with van der Waals surface area (Å²) in [5.74, 6) is 0.0446. The number of aliphatic carboxylic acids is 1. The van der Waals surface area contributed by atoms with Crippen LogP contribution in [0.4, 0.5) is 4.79 Å². The minimum absolute atomic E-state index is 0.206. The molecule has 0 aromatic carbocycles. The topological polar surface area (TPSA) is 69.6 Å². The minimum Gasteiger partial charge on any atom is -0.480 e. The van der Waals surface area contributed by atoms with Crippen LogP contribution in [0, 0.1) is 0 Å². The van der Waals surface area contributed by atoms with E-state index < -0.39 is 11.5 Å².